The molecule has 4 nitrogen and oxygen atoms in total. The summed E-state index contributed by atoms with van der Waals surface area (Å²) in [6, 6.07) is 5.81. The molecule has 140 valence electrons. The highest BCUT2D eigenvalue weighted by Gasteiger charge is 2.40. The smallest absolute Gasteiger partial charge is 0.407 e. The summed E-state index contributed by atoms with van der Waals surface area (Å²) in [5.74, 6) is 2.30. The van der Waals surface area contributed by atoms with Crippen LogP contribution in [-0.2, 0) is 4.74 Å². The molecule has 1 aliphatic carbocycles. The first-order chi connectivity index (χ1) is 11.7. The van der Waals surface area contributed by atoms with Crippen LogP contribution in [0.4, 0.5) is 4.79 Å². The number of carbonyl (C=O) groups is 1. The fourth-order valence-corrected chi connectivity index (χ4v) is 2.91. The van der Waals surface area contributed by atoms with Crippen molar-refractivity contribution >= 4 is 17.7 Å². The lowest BCUT2D eigenvalue weighted by molar-refractivity contribution is 0.0525. The predicted molar refractivity (Wildman–Crippen MR) is 101 cm³/mol. The minimum Gasteiger partial charge on any atom is -0.493 e. The van der Waals surface area contributed by atoms with E-state index in [0.29, 0.717) is 30.9 Å². The first kappa shape index (κ1) is 19.9. The van der Waals surface area contributed by atoms with Crippen LogP contribution in [0, 0.1) is 11.8 Å². The maximum Gasteiger partial charge on any atom is 0.407 e. The Balaban J connectivity index is 1.89. The molecule has 0 radical (unpaired) electrons. The van der Waals surface area contributed by atoms with Gasteiger partial charge < -0.3 is 14.8 Å². The van der Waals surface area contributed by atoms with Crippen molar-refractivity contribution in [3.63, 3.8) is 0 Å². The van der Waals surface area contributed by atoms with Crippen molar-refractivity contribution in [1.29, 1.82) is 0 Å². The van der Waals surface area contributed by atoms with E-state index >= 15 is 0 Å². The zero-order valence-corrected chi connectivity index (χ0v) is 16.7. The zero-order valence-electron chi connectivity index (χ0n) is 15.9. The van der Waals surface area contributed by atoms with E-state index in [1.807, 2.05) is 39.0 Å². The Morgan fingerprint density at radius 1 is 1.36 bits per heavy atom. The molecule has 2 unspecified atom stereocenters. The highest BCUT2D eigenvalue weighted by atomic mass is 35.5. The lowest BCUT2D eigenvalue weighted by atomic mass is 10.1. The molecule has 0 saturated heterocycles. The van der Waals surface area contributed by atoms with E-state index in [1.54, 1.807) is 0 Å². The van der Waals surface area contributed by atoms with Gasteiger partial charge in [-0.1, -0.05) is 25.4 Å². The van der Waals surface area contributed by atoms with Crippen LogP contribution in [0.15, 0.2) is 18.2 Å². The highest BCUT2D eigenvalue weighted by molar-refractivity contribution is 6.30. The van der Waals surface area contributed by atoms with Crippen molar-refractivity contribution in [2.24, 2.45) is 11.8 Å². The summed E-state index contributed by atoms with van der Waals surface area (Å²) in [5, 5.41) is 3.58. The molecule has 25 heavy (non-hydrogen) atoms. The van der Waals surface area contributed by atoms with Crippen LogP contribution >= 0.6 is 11.6 Å². The van der Waals surface area contributed by atoms with Gasteiger partial charge in [-0.2, -0.15) is 0 Å². The van der Waals surface area contributed by atoms with E-state index in [2.05, 4.69) is 19.2 Å². The predicted octanol–water partition coefficient (Wildman–Crippen LogP) is 5.39. The monoisotopic (exact) mass is 367 g/mol. The summed E-state index contributed by atoms with van der Waals surface area (Å²) < 4.78 is 11.3. The summed E-state index contributed by atoms with van der Waals surface area (Å²) in [4.78, 5) is 11.8. The number of hydrogen-bond acceptors (Lipinski definition) is 3. The number of alkyl carbamates (subject to hydrolysis) is 1. The van der Waals surface area contributed by atoms with E-state index in [4.69, 9.17) is 21.1 Å². The van der Waals surface area contributed by atoms with E-state index in [-0.39, 0.29) is 6.09 Å². The van der Waals surface area contributed by atoms with Crippen molar-refractivity contribution in [2.75, 3.05) is 13.2 Å². The van der Waals surface area contributed by atoms with Crippen LogP contribution in [-0.4, -0.2) is 24.8 Å². The molecule has 1 amide bonds. The Kier molecular flexibility index (Phi) is 6.61. The Hall–Kier alpha value is -1.42. The third-order valence-electron chi connectivity index (χ3n) is 4.15. The SMILES string of the molecule is CC(C)CCOc1ccc(Cl)cc1C1CC1CNC(=O)OC(C)(C)C. The molecule has 1 fully saturated rings. The van der Waals surface area contributed by atoms with Gasteiger partial charge in [0, 0.05) is 11.6 Å². The van der Waals surface area contributed by atoms with Crippen molar-refractivity contribution < 1.29 is 14.3 Å². The summed E-state index contributed by atoms with van der Waals surface area (Å²) in [5.41, 5.74) is 0.671. The van der Waals surface area contributed by atoms with Crippen LogP contribution in [0.5, 0.6) is 5.75 Å². The van der Waals surface area contributed by atoms with Crippen molar-refractivity contribution in [3.8, 4) is 5.75 Å². The minimum atomic E-state index is -0.475. The first-order valence-corrected chi connectivity index (χ1v) is 9.42. The lowest BCUT2D eigenvalue weighted by Gasteiger charge is -2.19. The Bertz CT molecular complexity index is 595. The molecule has 1 aliphatic rings. The van der Waals surface area contributed by atoms with Gasteiger partial charge in [0.15, 0.2) is 0 Å². The number of nitrogens with one attached hydrogen (secondary N) is 1. The second-order valence-electron chi connectivity index (χ2n) is 8.20. The third kappa shape index (κ3) is 6.77. The molecule has 0 bridgehead atoms. The van der Waals surface area contributed by atoms with Gasteiger partial charge in [-0.25, -0.2) is 4.79 Å². The van der Waals surface area contributed by atoms with Gasteiger partial charge in [-0.05, 0) is 75.1 Å². The van der Waals surface area contributed by atoms with Gasteiger partial charge in [0.25, 0.3) is 0 Å². The van der Waals surface area contributed by atoms with Gasteiger partial charge >= 0.3 is 6.09 Å². The van der Waals surface area contributed by atoms with Crippen LogP contribution in [0.2, 0.25) is 5.02 Å². The summed E-state index contributed by atoms with van der Waals surface area (Å²) in [6.45, 7) is 11.3. The van der Waals surface area contributed by atoms with Gasteiger partial charge in [-0.3, -0.25) is 0 Å². The third-order valence-corrected chi connectivity index (χ3v) is 4.39. The van der Waals surface area contributed by atoms with E-state index in [0.717, 1.165) is 29.2 Å². The second kappa shape index (κ2) is 8.31. The molecule has 0 aromatic heterocycles. The minimum absolute atomic E-state index is 0.363. The molecule has 0 heterocycles. The first-order valence-electron chi connectivity index (χ1n) is 9.05. The topological polar surface area (TPSA) is 47.6 Å². The molecule has 1 N–H and O–H groups in total. The van der Waals surface area contributed by atoms with Crippen LogP contribution in [0.3, 0.4) is 0 Å². The number of hydrogen-bond donors (Lipinski definition) is 1. The van der Waals surface area contributed by atoms with E-state index in [1.165, 1.54) is 0 Å². The van der Waals surface area contributed by atoms with Crippen LogP contribution in [0.1, 0.15) is 58.9 Å². The maximum absolute atomic E-state index is 11.8. The van der Waals surface area contributed by atoms with Crippen molar-refractivity contribution in [2.45, 2.75) is 59.0 Å². The highest BCUT2D eigenvalue weighted by Crippen LogP contribution is 2.50. The molecule has 1 aromatic carbocycles. The molecule has 0 spiro atoms. The fraction of sp³-hybridized carbons (Fsp3) is 0.650. The fourth-order valence-electron chi connectivity index (χ4n) is 2.73. The molecule has 0 aliphatic heterocycles. The number of halogens is 1. The molecule has 2 atom stereocenters. The van der Waals surface area contributed by atoms with Crippen LogP contribution in [0.25, 0.3) is 0 Å². The van der Waals surface area contributed by atoms with E-state index < -0.39 is 5.60 Å². The number of ether oxygens (including phenoxy) is 2. The summed E-state index contributed by atoms with van der Waals surface area (Å²) in [6.07, 6.45) is 1.69. The van der Waals surface area contributed by atoms with Gasteiger partial charge in [-0.15, -0.1) is 0 Å². The second-order valence-corrected chi connectivity index (χ2v) is 8.63. The average molecular weight is 368 g/mol. The average Bonchev–Trinajstić information content (AvgIpc) is 3.24. The molecule has 1 aromatic rings. The summed E-state index contributed by atoms with van der Waals surface area (Å²) in [7, 11) is 0. The standard InChI is InChI=1S/C20H30ClNO3/c1-13(2)8-9-24-18-7-6-15(21)11-17(18)16-10-14(16)12-22-19(23)25-20(3,4)5/h6-7,11,13-14,16H,8-10,12H2,1-5H3,(H,22,23). The van der Waals surface area contributed by atoms with Gasteiger partial charge in [0.05, 0.1) is 6.61 Å². The lowest BCUT2D eigenvalue weighted by Crippen LogP contribution is -2.33. The quantitative estimate of drug-likeness (QED) is 0.702. The number of benzene rings is 1. The molecular weight excluding hydrogens is 338 g/mol. The molecule has 1 saturated carbocycles. The van der Waals surface area contributed by atoms with Crippen molar-refractivity contribution in [1.82, 2.24) is 5.32 Å². The zero-order chi connectivity index (χ0) is 18.6. The Morgan fingerprint density at radius 3 is 2.72 bits per heavy atom. The maximum atomic E-state index is 11.8. The largest absolute Gasteiger partial charge is 0.493 e. The molecule has 5 heteroatoms. The molecular formula is C20H30ClNO3. The van der Waals surface area contributed by atoms with E-state index in [9.17, 15) is 4.79 Å². The number of amides is 1. The Morgan fingerprint density at radius 2 is 2.08 bits per heavy atom. The van der Waals surface area contributed by atoms with Gasteiger partial charge in [0.1, 0.15) is 11.4 Å². The summed E-state index contributed by atoms with van der Waals surface area (Å²) >= 11 is 6.18. The molecule has 2 rings (SSSR count). The Labute approximate surface area is 156 Å². The normalized spacial score (nSPS) is 19.6. The van der Waals surface area contributed by atoms with Crippen LogP contribution < -0.4 is 10.1 Å². The number of carbonyl (C=O) groups excluding carboxylic acids is 1. The number of rotatable bonds is 7. The van der Waals surface area contributed by atoms with Gasteiger partial charge in [0.2, 0.25) is 0 Å². The van der Waals surface area contributed by atoms with Crippen molar-refractivity contribution in [3.05, 3.63) is 28.8 Å².